The second kappa shape index (κ2) is 7.87. The SMILES string of the molecule is COc1ccc(/C=C2\C(=O)N(c3ccccc3C)C(=O)c3ccccc32)c(OC)c1. The second-order valence-electron chi connectivity index (χ2n) is 6.94. The van der Waals surface area contributed by atoms with Gasteiger partial charge in [-0.3, -0.25) is 9.59 Å². The summed E-state index contributed by atoms with van der Waals surface area (Å²) in [4.78, 5) is 28.0. The maximum Gasteiger partial charge on any atom is 0.265 e. The number of amides is 2. The Balaban J connectivity index is 1.92. The summed E-state index contributed by atoms with van der Waals surface area (Å²) >= 11 is 0. The predicted octanol–water partition coefficient (Wildman–Crippen LogP) is 4.74. The minimum Gasteiger partial charge on any atom is -0.497 e. The number of hydrogen-bond donors (Lipinski definition) is 0. The Morgan fingerprint density at radius 2 is 1.50 bits per heavy atom. The number of fused-ring (bicyclic) bond motifs is 1. The van der Waals surface area contributed by atoms with Crippen molar-refractivity contribution in [2.75, 3.05) is 19.1 Å². The third-order valence-electron chi connectivity index (χ3n) is 5.18. The number of carbonyl (C=O) groups excluding carboxylic acids is 2. The number of imide groups is 1. The topological polar surface area (TPSA) is 55.8 Å². The smallest absolute Gasteiger partial charge is 0.265 e. The number of para-hydroxylation sites is 1. The quantitative estimate of drug-likeness (QED) is 0.470. The molecule has 2 amide bonds. The van der Waals surface area contributed by atoms with Crippen molar-refractivity contribution in [2.24, 2.45) is 0 Å². The molecular weight excluding hydrogens is 378 g/mol. The van der Waals surface area contributed by atoms with E-state index in [0.717, 1.165) is 11.1 Å². The van der Waals surface area contributed by atoms with Crippen molar-refractivity contribution in [1.82, 2.24) is 0 Å². The normalized spacial score (nSPS) is 14.6. The van der Waals surface area contributed by atoms with Crippen LogP contribution in [0.15, 0.2) is 66.7 Å². The number of anilines is 1. The lowest BCUT2D eigenvalue weighted by molar-refractivity contribution is -0.112. The van der Waals surface area contributed by atoms with Crippen molar-refractivity contribution in [3.05, 3.63) is 89.0 Å². The molecule has 5 heteroatoms. The van der Waals surface area contributed by atoms with E-state index in [1.165, 1.54) is 4.90 Å². The summed E-state index contributed by atoms with van der Waals surface area (Å²) in [5.41, 5.74) is 3.66. The Labute approximate surface area is 175 Å². The number of nitrogens with zero attached hydrogens (tertiary/aromatic N) is 1. The number of rotatable bonds is 4. The van der Waals surface area contributed by atoms with E-state index in [1.807, 2.05) is 37.3 Å². The zero-order valence-corrected chi connectivity index (χ0v) is 17.0. The van der Waals surface area contributed by atoms with Crippen LogP contribution in [0.25, 0.3) is 11.6 Å². The molecule has 150 valence electrons. The highest BCUT2D eigenvalue weighted by Gasteiger charge is 2.36. The molecule has 0 aliphatic carbocycles. The van der Waals surface area contributed by atoms with Gasteiger partial charge in [0.15, 0.2) is 0 Å². The molecule has 1 heterocycles. The lowest BCUT2D eigenvalue weighted by Crippen LogP contribution is -2.42. The van der Waals surface area contributed by atoms with Gasteiger partial charge in [0.2, 0.25) is 0 Å². The average Bonchev–Trinajstić information content (AvgIpc) is 2.78. The summed E-state index contributed by atoms with van der Waals surface area (Å²) in [7, 11) is 3.15. The van der Waals surface area contributed by atoms with E-state index >= 15 is 0 Å². The van der Waals surface area contributed by atoms with Crippen LogP contribution < -0.4 is 14.4 Å². The molecule has 0 bridgehead atoms. The molecule has 0 aromatic heterocycles. The van der Waals surface area contributed by atoms with Gasteiger partial charge in [0.1, 0.15) is 11.5 Å². The molecule has 0 saturated carbocycles. The molecule has 0 N–H and O–H groups in total. The Hall–Kier alpha value is -3.86. The highest BCUT2D eigenvalue weighted by Crippen LogP contribution is 2.36. The van der Waals surface area contributed by atoms with Crippen molar-refractivity contribution >= 4 is 29.2 Å². The fraction of sp³-hybridized carbons (Fsp3) is 0.120. The van der Waals surface area contributed by atoms with E-state index < -0.39 is 0 Å². The van der Waals surface area contributed by atoms with E-state index in [0.29, 0.717) is 33.9 Å². The first-order chi connectivity index (χ1) is 14.5. The third kappa shape index (κ3) is 3.24. The van der Waals surface area contributed by atoms with Gasteiger partial charge in [-0.15, -0.1) is 0 Å². The summed E-state index contributed by atoms with van der Waals surface area (Å²) in [6, 6.07) is 19.9. The van der Waals surface area contributed by atoms with E-state index in [9.17, 15) is 9.59 Å². The van der Waals surface area contributed by atoms with Gasteiger partial charge in [-0.2, -0.15) is 0 Å². The second-order valence-corrected chi connectivity index (χ2v) is 6.94. The fourth-order valence-corrected chi connectivity index (χ4v) is 3.62. The van der Waals surface area contributed by atoms with Gasteiger partial charge >= 0.3 is 0 Å². The van der Waals surface area contributed by atoms with Crippen LogP contribution in [0.1, 0.15) is 27.0 Å². The highest BCUT2D eigenvalue weighted by atomic mass is 16.5. The Morgan fingerprint density at radius 1 is 0.800 bits per heavy atom. The molecule has 0 spiro atoms. The third-order valence-corrected chi connectivity index (χ3v) is 5.18. The molecule has 3 aromatic rings. The number of carbonyl (C=O) groups is 2. The van der Waals surface area contributed by atoms with E-state index in [-0.39, 0.29) is 11.8 Å². The molecule has 1 aliphatic rings. The first-order valence-electron chi connectivity index (χ1n) is 9.52. The first kappa shape index (κ1) is 19.5. The van der Waals surface area contributed by atoms with Gasteiger partial charge in [0, 0.05) is 22.8 Å². The van der Waals surface area contributed by atoms with Crippen molar-refractivity contribution < 1.29 is 19.1 Å². The number of ether oxygens (including phenoxy) is 2. The summed E-state index contributed by atoms with van der Waals surface area (Å²) in [6.45, 7) is 1.88. The molecule has 0 saturated heterocycles. The van der Waals surface area contributed by atoms with Crippen LogP contribution in [-0.2, 0) is 4.79 Å². The summed E-state index contributed by atoms with van der Waals surface area (Å²) in [5.74, 6) is 0.530. The van der Waals surface area contributed by atoms with Gasteiger partial charge in [-0.25, -0.2) is 4.90 Å². The van der Waals surface area contributed by atoms with Gasteiger partial charge in [-0.1, -0.05) is 36.4 Å². The van der Waals surface area contributed by atoms with E-state index in [4.69, 9.17) is 9.47 Å². The van der Waals surface area contributed by atoms with Crippen LogP contribution in [0.4, 0.5) is 5.69 Å². The minimum atomic E-state index is -0.370. The van der Waals surface area contributed by atoms with Crippen molar-refractivity contribution in [1.29, 1.82) is 0 Å². The van der Waals surface area contributed by atoms with Gasteiger partial charge in [0.05, 0.1) is 19.9 Å². The molecule has 0 fully saturated rings. The monoisotopic (exact) mass is 399 g/mol. The zero-order valence-electron chi connectivity index (χ0n) is 17.0. The molecule has 1 aliphatic heterocycles. The molecular formula is C25H21NO4. The van der Waals surface area contributed by atoms with Crippen LogP contribution in [0.3, 0.4) is 0 Å². The summed E-state index contributed by atoms with van der Waals surface area (Å²) < 4.78 is 10.7. The fourth-order valence-electron chi connectivity index (χ4n) is 3.62. The van der Waals surface area contributed by atoms with Crippen molar-refractivity contribution in [3.63, 3.8) is 0 Å². The number of benzene rings is 3. The molecule has 30 heavy (non-hydrogen) atoms. The highest BCUT2D eigenvalue weighted by molar-refractivity contribution is 6.43. The van der Waals surface area contributed by atoms with Crippen molar-refractivity contribution in [2.45, 2.75) is 6.92 Å². The van der Waals surface area contributed by atoms with Crippen LogP contribution >= 0.6 is 0 Å². The van der Waals surface area contributed by atoms with Gasteiger partial charge in [-0.05, 0) is 48.4 Å². The molecule has 4 rings (SSSR count). The minimum absolute atomic E-state index is 0.330. The average molecular weight is 399 g/mol. The van der Waals surface area contributed by atoms with Crippen LogP contribution in [0, 0.1) is 6.92 Å². The van der Waals surface area contributed by atoms with E-state index in [1.54, 1.807) is 56.7 Å². The molecule has 5 nitrogen and oxygen atoms in total. The maximum absolute atomic E-state index is 13.5. The predicted molar refractivity (Wildman–Crippen MR) is 117 cm³/mol. The number of methoxy groups -OCH3 is 2. The Bertz CT molecular complexity index is 1180. The number of aryl methyl sites for hydroxylation is 1. The molecule has 0 atom stereocenters. The van der Waals surface area contributed by atoms with E-state index in [2.05, 4.69) is 0 Å². The molecule has 0 radical (unpaired) electrons. The summed E-state index contributed by atoms with van der Waals surface area (Å²) in [5, 5.41) is 0. The largest absolute Gasteiger partial charge is 0.497 e. The molecule has 3 aromatic carbocycles. The van der Waals surface area contributed by atoms with Crippen LogP contribution in [0.2, 0.25) is 0 Å². The number of hydrogen-bond acceptors (Lipinski definition) is 4. The molecule has 0 unspecified atom stereocenters. The zero-order chi connectivity index (χ0) is 21.3. The Morgan fingerprint density at radius 3 is 2.20 bits per heavy atom. The Kier molecular flexibility index (Phi) is 5.11. The van der Waals surface area contributed by atoms with Crippen LogP contribution in [-0.4, -0.2) is 26.0 Å². The first-order valence-corrected chi connectivity index (χ1v) is 9.52. The van der Waals surface area contributed by atoms with Gasteiger partial charge in [0.25, 0.3) is 11.8 Å². The lowest BCUT2D eigenvalue weighted by atomic mass is 9.91. The standard InChI is InChI=1S/C25H21NO4/c1-16-8-4-7-11-22(16)26-24(27)20-10-6-5-9-19(20)21(25(26)28)14-17-12-13-18(29-2)15-23(17)30-3/h4-15H,1-3H3/b21-14-. The van der Waals surface area contributed by atoms with Crippen LogP contribution in [0.5, 0.6) is 11.5 Å². The lowest BCUT2D eigenvalue weighted by Gasteiger charge is -2.29. The van der Waals surface area contributed by atoms with Crippen molar-refractivity contribution in [3.8, 4) is 11.5 Å². The summed E-state index contributed by atoms with van der Waals surface area (Å²) in [6.07, 6.45) is 1.76. The van der Waals surface area contributed by atoms with Gasteiger partial charge < -0.3 is 9.47 Å². The maximum atomic E-state index is 13.5.